The van der Waals surface area contributed by atoms with E-state index >= 15 is 0 Å². The molecule has 0 aliphatic heterocycles. The summed E-state index contributed by atoms with van der Waals surface area (Å²) >= 11 is 11.5. The van der Waals surface area contributed by atoms with Gasteiger partial charge in [0.15, 0.2) is 0 Å². The molecule has 1 heterocycles. The van der Waals surface area contributed by atoms with Crippen LogP contribution in [0.5, 0.6) is 0 Å². The molecule has 1 atom stereocenters. The van der Waals surface area contributed by atoms with Gasteiger partial charge >= 0.3 is 0 Å². The third kappa shape index (κ3) is 4.64. The van der Waals surface area contributed by atoms with Gasteiger partial charge in [-0.15, -0.1) is 0 Å². The van der Waals surface area contributed by atoms with Crippen molar-refractivity contribution < 1.29 is 9.90 Å². The van der Waals surface area contributed by atoms with Crippen molar-refractivity contribution in [3.8, 4) is 0 Å². The molecular formula is C13H18Cl2N2O2. The molecule has 0 aliphatic carbocycles. The molecule has 0 radical (unpaired) electrons. The molecule has 0 spiro atoms. The van der Waals surface area contributed by atoms with E-state index in [1.54, 1.807) is 0 Å². The molecule has 1 aromatic heterocycles. The highest BCUT2D eigenvalue weighted by atomic mass is 35.5. The smallest absolute Gasteiger partial charge is 0.254 e. The van der Waals surface area contributed by atoms with Crippen LogP contribution in [0, 0.1) is 5.92 Å². The molecule has 1 unspecified atom stereocenters. The zero-order chi connectivity index (χ0) is 14.4. The zero-order valence-corrected chi connectivity index (χ0v) is 12.5. The van der Waals surface area contributed by atoms with Gasteiger partial charge in [0.25, 0.3) is 5.91 Å². The first-order valence-corrected chi connectivity index (χ1v) is 7.03. The van der Waals surface area contributed by atoms with Crippen molar-refractivity contribution in [1.82, 2.24) is 10.3 Å². The van der Waals surface area contributed by atoms with E-state index < -0.39 is 6.10 Å². The van der Waals surface area contributed by atoms with Crippen LogP contribution < -0.4 is 5.32 Å². The molecule has 0 fully saturated rings. The molecule has 1 aromatic rings. The summed E-state index contributed by atoms with van der Waals surface area (Å²) < 4.78 is 0. The van der Waals surface area contributed by atoms with Gasteiger partial charge in [0.05, 0.1) is 11.7 Å². The van der Waals surface area contributed by atoms with Gasteiger partial charge in [-0.25, -0.2) is 4.98 Å². The Balaban J connectivity index is 2.60. The van der Waals surface area contributed by atoms with Crippen molar-refractivity contribution in [1.29, 1.82) is 0 Å². The Morgan fingerprint density at radius 3 is 2.53 bits per heavy atom. The fraction of sp³-hybridized carbons (Fsp3) is 0.538. The van der Waals surface area contributed by atoms with Gasteiger partial charge in [0.2, 0.25) is 0 Å². The van der Waals surface area contributed by atoms with Crippen LogP contribution in [0.4, 0.5) is 0 Å². The minimum atomic E-state index is -0.557. The fourth-order valence-electron chi connectivity index (χ4n) is 1.87. The minimum Gasteiger partial charge on any atom is -0.391 e. The second-order valence-corrected chi connectivity index (χ2v) is 5.07. The average Bonchev–Trinajstić information content (AvgIpc) is 2.37. The van der Waals surface area contributed by atoms with Gasteiger partial charge in [0.1, 0.15) is 10.3 Å². The standard InChI is InChI=1S/C13H18Cl2N2O2/c1-3-8(4-2)10(18)7-16-13(19)9-5-6-11(14)17-12(9)15/h5-6,8,10,18H,3-4,7H2,1-2H3,(H,16,19). The van der Waals surface area contributed by atoms with Crippen LogP contribution in [0.15, 0.2) is 12.1 Å². The van der Waals surface area contributed by atoms with Crippen molar-refractivity contribution in [2.24, 2.45) is 5.92 Å². The summed E-state index contributed by atoms with van der Waals surface area (Å²) in [6.07, 6.45) is 1.19. The van der Waals surface area contributed by atoms with Crippen molar-refractivity contribution in [2.45, 2.75) is 32.8 Å². The summed E-state index contributed by atoms with van der Waals surface area (Å²) in [5.41, 5.74) is 0.253. The molecule has 106 valence electrons. The Labute approximate surface area is 123 Å². The number of aromatic nitrogens is 1. The van der Waals surface area contributed by atoms with Crippen LogP contribution in [0.2, 0.25) is 10.3 Å². The molecule has 0 saturated heterocycles. The first-order valence-electron chi connectivity index (χ1n) is 6.27. The lowest BCUT2D eigenvalue weighted by Crippen LogP contribution is -2.36. The number of hydrogen-bond donors (Lipinski definition) is 2. The highest BCUT2D eigenvalue weighted by molar-refractivity contribution is 6.34. The van der Waals surface area contributed by atoms with E-state index in [1.807, 2.05) is 13.8 Å². The number of hydrogen-bond acceptors (Lipinski definition) is 3. The van der Waals surface area contributed by atoms with E-state index in [2.05, 4.69) is 10.3 Å². The zero-order valence-electron chi connectivity index (χ0n) is 11.0. The molecule has 4 nitrogen and oxygen atoms in total. The Morgan fingerprint density at radius 2 is 2.00 bits per heavy atom. The third-order valence-corrected chi connectivity index (χ3v) is 3.62. The van der Waals surface area contributed by atoms with E-state index in [9.17, 15) is 9.90 Å². The average molecular weight is 305 g/mol. The monoisotopic (exact) mass is 304 g/mol. The number of aliphatic hydroxyl groups excluding tert-OH is 1. The quantitative estimate of drug-likeness (QED) is 0.794. The maximum absolute atomic E-state index is 11.9. The lowest BCUT2D eigenvalue weighted by molar-refractivity contribution is 0.0816. The lowest BCUT2D eigenvalue weighted by atomic mass is 9.96. The number of aliphatic hydroxyl groups is 1. The fourth-order valence-corrected chi connectivity index (χ4v) is 2.30. The molecule has 0 aliphatic rings. The van der Waals surface area contributed by atoms with Gasteiger partial charge in [-0.05, 0) is 18.1 Å². The molecule has 2 N–H and O–H groups in total. The predicted molar refractivity (Wildman–Crippen MR) is 76.7 cm³/mol. The summed E-state index contributed by atoms with van der Waals surface area (Å²) in [5.74, 6) is -0.182. The lowest BCUT2D eigenvalue weighted by Gasteiger charge is -2.20. The van der Waals surface area contributed by atoms with Crippen LogP contribution in [0.25, 0.3) is 0 Å². The Kier molecular flexibility index (Phi) is 6.55. The van der Waals surface area contributed by atoms with E-state index in [0.29, 0.717) is 0 Å². The van der Waals surface area contributed by atoms with Crippen molar-refractivity contribution in [3.63, 3.8) is 0 Å². The number of nitrogens with zero attached hydrogens (tertiary/aromatic N) is 1. The van der Waals surface area contributed by atoms with E-state index in [1.165, 1.54) is 12.1 Å². The topological polar surface area (TPSA) is 62.2 Å². The summed E-state index contributed by atoms with van der Waals surface area (Å²) in [7, 11) is 0. The second kappa shape index (κ2) is 7.68. The van der Waals surface area contributed by atoms with Gasteiger partial charge in [0, 0.05) is 6.54 Å². The summed E-state index contributed by atoms with van der Waals surface area (Å²) in [6, 6.07) is 3.01. The second-order valence-electron chi connectivity index (χ2n) is 4.33. The van der Waals surface area contributed by atoms with Gasteiger partial charge in [-0.1, -0.05) is 49.9 Å². The number of pyridine rings is 1. The largest absolute Gasteiger partial charge is 0.391 e. The number of rotatable bonds is 6. The number of amides is 1. The minimum absolute atomic E-state index is 0.0574. The van der Waals surface area contributed by atoms with Crippen molar-refractivity contribution in [2.75, 3.05) is 6.54 Å². The number of halogens is 2. The summed E-state index contributed by atoms with van der Waals surface area (Å²) in [5, 5.41) is 12.9. The van der Waals surface area contributed by atoms with Gasteiger partial charge in [-0.3, -0.25) is 4.79 Å². The molecule has 0 bridgehead atoms. The first-order chi connectivity index (χ1) is 8.99. The Bertz CT molecular complexity index is 437. The highest BCUT2D eigenvalue weighted by Crippen LogP contribution is 2.17. The van der Waals surface area contributed by atoms with E-state index in [0.717, 1.165) is 12.8 Å². The summed E-state index contributed by atoms with van der Waals surface area (Å²) in [6.45, 7) is 4.22. The Hall–Kier alpha value is -0.840. The van der Waals surface area contributed by atoms with Crippen LogP contribution >= 0.6 is 23.2 Å². The van der Waals surface area contributed by atoms with Gasteiger partial charge in [-0.2, -0.15) is 0 Å². The maximum Gasteiger partial charge on any atom is 0.254 e. The normalized spacial score (nSPS) is 12.5. The number of nitrogens with one attached hydrogen (secondary N) is 1. The number of carbonyl (C=O) groups excluding carboxylic acids is 1. The van der Waals surface area contributed by atoms with E-state index in [-0.39, 0.29) is 34.2 Å². The SMILES string of the molecule is CCC(CC)C(O)CNC(=O)c1ccc(Cl)nc1Cl. The Morgan fingerprint density at radius 1 is 1.37 bits per heavy atom. The first kappa shape index (κ1) is 16.2. The summed E-state index contributed by atoms with van der Waals surface area (Å²) in [4.78, 5) is 15.7. The maximum atomic E-state index is 11.9. The van der Waals surface area contributed by atoms with Crippen molar-refractivity contribution >= 4 is 29.1 Å². The van der Waals surface area contributed by atoms with Crippen LogP contribution in [0.3, 0.4) is 0 Å². The highest BCUT2D eigenvalue weighted by Gasteiger charge is 2.18. The molecular weight excluding hydrogens is 287 g/mol. The van der Waals surface area contributed by atoms with Crippen LogP contribution in [-0.2, 0) is 0 Å². The third-order valence-electron chi connectivity index (χ3n) is 3.12. The molecule has 0 saturated carbocycles. The molecule has 0 aromatic carbocycles. The molecule has 19 heavy (non-hydrogen) atoms. The van der Waals surface area contributed by atoms with E-state index in [4.69, 9.17) is 23.2 Å². The molecule has 1 amide bonds. The molecule has 1 rings (SSSR count). The molecule has 6 heteroatoms. The number of carbonyl (C=O) groups is 1. The predicted octanol–water partition coefficient (Wildman–Crippen LogP) is 2.92. The van der Waals surface area contributed by atoms with Crippen LogP contribution in [0.1, 0.15) is 37.0 Å². The van der Waals surface area contributed by atoms with Crippen LogP contribution in [-0.4, -0.2) is 28.6 Å². The van der Waals surface area contributed by atoms with Crippen molar-refractivity contribution in [3.05, 3.63) is 28.0 Å². The van der Waals surface area contributed by atoms with Gasteiger partial charge < -0.3 is 10.4 Å².